The lowest BCUT2D eigenvalue weighted by Crippen LogP contribution is -2.40. The van der Waals surface area contributed by atoms with Gasteiger partial charge in [0.15, 0.2) is 0 Å². The maximum atomic E-state index is 12.2. The molecule has 1 unspecified atom stereocenters. The highest BCUT2D eigenvalue weighted by Crippen LogP contribution is 2.43. The van der Waals surface area contributed by atoms with Crippen LogP contribution in [-0.4, -0.2) is 25.1 Å². The molecule has 1 amide bonds. The van der Waals surface area contributed by atoms with E-state index in [9.17, 15) is 9.59 Å². The van der Waals surface area contributed by atoms with E-state index in [1.54, 1.807) is 11.9 Å². The number of carbonyl (C=O) groups is 2. The Hall–Kier alpha value is -1.35. The van der Waals surface area contributed by atoms with Crippen LogP contribution in [0.1, 0.15) is 12.0 Å². The van der Waals surface area contributed by atoms with Gasteiger partial charge < -0.3 is 9.69 Å². The number of fused-ring (bicyclic) bond motifs is 1. The molecule has 0 spiro atoms. The number of carbonyl (C=O) groups excluding carboxylic acids is 2. The quantitative estimate of drug-likeness (QED) is 0.593. The molecular weight excluding hydrogens is 226 g/mol. The molecule has 1 aliphatic heterocycles. The van der Waals surface area contributed by atoms with Crippen LogP contribution >= 0.6 is 11.6 Å². The summed E-state index contributed by atoms with van der Waals surface area (Å²) in [6, 6.07) is 7.46. The molecule has 2 rings (SSSR count). The summed E-state index contributed by atoms with van der Waals surface area (Å²) in [7, 11) is 1.71. The van der Waals surface area contributed by atoms with Crippen molar-refractivity contribution in [2.24, 2.45) is 0 Å². The number of halogens is 1. The van der Waals surface area contributed by atoms with E-state index in [0.717, 1.165) is 17.5 Å². The van der Waals surface area contributed by atoms with E-state index in [-0.39, 0.29) is 18.2 Å². The Kier molecular flexibility index (Phi) is 2.72. The van der Waals surface area contributed by atoms with E-state index in [0.29, 0.717) is 0 Å². The van der Waals surface area contributed by atoms with Gasteiger partial charge in [-0.2, -0.15) is 0 Å². The molecule has 1 aromatic carbocycles. The van der Waals surface area contributed by atoms with Crippen molar-refractivity contribution < 1.29 is 9.59 Å². The number of benzene rings is 1. The number of hydrogen-bond donors (Lipinski definition) is 0. The maximum absolute atomic E-state index is 12.2. The highest BCUT2D eigenvalue weighted by Gasteiger charge is 2.48. The van der Waals surface area contributed by atoms with Gasteiger partial charge >= 0.3 is 0 Å². The molecule has 0 saturated heterocycles. The summed E-state index contributed by atoms with van der Waals surface area (Å²) in [5, 5.41) is 0. The monoisotopic (exact) mass is 237 g/mol. The summed E-state index contributed by atoms with van der Waals surface area (Å²) in [5.41, 5.74) is 0.828. The van der Waals surface area contributed by atoms with E-state index in [1.807, 2.05) is 24.3 Å². The van der Waals surface area contributed by atoms with Crippen LogP contribution in [0, 0.1) is 0 Å². The minimum absolute atomic E-state index is 0.101. The predicted octanol–water partition coefficient (Wildman–Crippen LogP) is 1.73. The lowest BCUT2D eigenvalue weighted by molar-refractivity contribution is -0.124. The van der Waals surface area contributed by atoms with Crippen LogP contribution in [0.5, 0.6) is 0 Å². The number of aldehydes is 1. The van der Waals surface area contributed by atoms with Crippen LogP contribution in [0.15, 0.2) is 24.3 Å². The van der Waals surface area contributed by atoms with Gasteiger partial charge in [-0.3, -0.25) is 4.79 Å². The Labute approximate surface area is 99.0 Å². The average Bonchev–Trinajstić information content (AvgIpc) is 2.53. The van der Waals surface area contributed by atoms with Crippen molar-refractivity contribution in [1.29, 1.82) is 0 Å². The van der Waals surface area contributed by atoms with Gasteiger partial charge in [-0.15, -0.1) is 11.6 Å². The molecule has 1 aliphatic rings. The molecule has 84 valence electrons. The second-order valence-electron chi connectivity index (χ2n) is 3.97. The second kappa shape index (κ2) is 3.91. The lowest BCUT2D eigenvalue weighted by Gasteiger charge is -2.22. The zero-order valence-corrected chi connectivity index (χ0v) is 9.70. The van der Waals surface area contributed by atoms with Gasteiger partial charge in [0.25, 0.3) is 0 Å². The van der Waals surface area contributed by atoms with E-state index in [4.69, 9.17) is 11.6 Å². The van der Waals surface area contributed by atoms with Gasteiger partial charge in [-0.1, -0.05) is 18.2 Å². The summed E-state index contributed by atoms with van der Waals surface area (Å²) in [5.74, 6) is 0.0298. The first kappa shape index (κ1) is 11.1. The second-order valence-corrected chi connectivity index (χ2v) is 4.24. The van der Waals surface area contributed by atoms with Crippen molar-refractivity contribution in [2.45, 2.75) is 11.8 Å². The molecule has 1 atom stereocenters. The highest BCUT2D eigenvalue weighted by molar-refractivity contribution is 6.23. The number of alkyl halides is 1. The largest absolute Gasteiger partial charge is 0.314 e. The number of hydrogen-bond acceptors (Lipinski definition) is 2. The molecule has 0 saturated carbocycles. The first-order valence-electron chi connectivity index (χ1n) is 5.04. The van der Waals surface area contributed by atoms with Crippen LogP contribution < -0.4 is 4.90 Å². The van der Waals surface area contributed by atoms with E-state index >= 15 is 0 Å². The third-order valence-corrected chi connectivity index (χ3v) is 3.61. The molecule has 0 aromatic heterocycles. The molecule has 0 bridgehead atoms. The fraction of sp³-hybridized carbons (Fsp3) is 0.333. The summed E-state index contributed by atoms with van der Waals surface area (Å²) in [6.45, 7) is 0. The minimum Gasteiger partial charge on any atom is -0.314 e. The summed E-state index contributed by atoms with van der Waals surface area (Å²) >= 11 is 5.92. The van der Waals surface area contributed by atoms with E-state index < -0.39 is 5.41 Å². The predicted molar refractivity (Wildman–Crippen MR) is 62.9 cm³/mol. The zero-order chi connectivity index (χ0) is 11.8. The SMILES string of the molecule is CN1C(=O)C(CCl)(CC=O)c2ccccc21. The Morgan fingerprint density at radius 2 is 2.12 bits per heavy atom. The molecule has 3 nitrogen and oxygen atoms in total. The molecule has 0 radical (unpaired) electrons. The smallest absolute Gasteiger partial charge is 0.239 e. The molecule has 16 heavy (non-hydrogen) atoms. The van der Waals surface area contributed by atoms with Crippen molar-refractivity contribution in [3.8, 4) is 0 Å². The molecule has 4 heteroatoms. The highest BCUT2D eigenvalue weighted by atomic mass is 35.5. The third-order valence-electron chi connectivity index (χ3n) is 3.15. The molecule has 1 heterocycles. The standard InChI is InChI=1S/C12H12ClNO2/c1-14-10-5-3-2-4-9(10)12(8-13,6-7-15)11(14)16/h2-5,7H,6,8H2,1H3. The van der Waals surface area contributed by atoms with Gasteiger partial charge in [0.1, 0.15) is 6.29 Å². The van der Waals surface area contributed by atoms with Gasteiger partial charge in [0.05, 0.1) is 5.41 Å². The zero-order valence-electron chi connectivity index (χ0n) is 8.94. The fourth-order valence-corrected chi connectivity index (χ4v) is 2.61. The number of rotatable bonds is 3. The van der Waals surface area contributed by atoms with Crippen LogP contribution in [0.25, 0.3) is 0 Å². The third kappa shape index (κ3) is 1.28. The van der Waals surface area contributed by atoms with Crippen molar-refractivity contribution in [3.05, 3.63) is 29.8 Å². The van der Waals surface area contributed by atoms with E-state index in [1.165, 1.54) is 0 Å². The van der Waals surface area contributed by atoms with Gasteiger partial charge in [-0.05, 0) is 11.6 Å². The first-order chi connectivity index (χ1) is 7.67. The first-order valence-corrected chi connectivity index (χ1v) is 5.58. The topological polar surface area (TPSA) is 37.4 Å². The normalized spacial score (nSPS) is 23.4. The van der Waals surface area contributed by atoms with Crippen LogP contribution in [0.2, 0.25) is 0 Å². The van der Waals surface area contributed by atoms with Gasteiger partial charge in [0, 0.05) is 25.0 Å². The summed E-state index contributed by atoms with van der Waals surface area (Å²) in [4.78, 5) is 24.5. The van der Waals surface area contributed by atoms with Gasteiger partial charge in [-0.25, -0.2) is 0 Å². The van der Waals surface area contributed by atoms with Gasteiger partial charge in [0.2, 0.25) is 5.91 Å². The summed E-state index contributed by atoms with van der Waals surface area (Å²) in [6.07, 6.45) is 0.896. The van der Waals surface area contributed by atoms with Crippen LogP contribution in [0.4, 0.5) is 5.69 Å². The average molecular weight is 238 g/mol. The maximum Gasteiger partial charge on any atom is 0.239 e. The Bertz CT molecular complexity index is 446. The Balaban J connectivity index is 2.63. The Morgan fingerprint density at radius 1 is 1.44 bits per heavy atom. The van der Waals surface area contributed by atoms with Crippen molar-refractivity contribution in [1.82, 2.24) is 0 Å². The van der Waals surface area contributed by atoms with Crippen molar-refractivity contribution in [3.63, 3.8) is 0 Å². The molecule has 0 fully saturated rings. The van der Waals surface area contributed by atoms with E-state index in [2.05, 4.69) is 0 Å². The number of nitrogens with zero attached hydrogens (tertiary/aromatic N) is 1. The fourth-order valence-electron chi connectivity index (χ4n) is 2.24. The number of amides is 1. The van der Waals surface area contributed by atoms with Crippen molar-refractivity contribution in [2.75, 3.05) is 17.8 Å². The molecule has 0 N–H and O–H groups in total. The molecule has 0 aliphatic carbocycles. The molecule has 1 aromatic rings. The van der Waals surface area contributed by atoms with Crippen molar-refractivity contribution >= 4 is 29.5 Å². The minimum atomic E-state index is -0.866. The number of likely N-dealkylation sites (N-methyl/N-ethyl adjacent to an activating group) is 1. The summed E-state index contributed by atoms with van der Waals surface area (Å²) < 4.78 is 0. The molecular formula is C12H12ClNO2. The Morgan fingerprint density at radius 3 is 2.75 bits per heavy atom. The van der Waals surface area contributed by atoms with Crippen LogP contribution in [-0.2, 0) is 15.0 Å². The number of para-hydroxylation sites is 1. The number of anilines is 1. The lowest BCUT2D eigenvalue weighted by atomic mass is 9.81. The van der Waals surface area contributed by atoms with Crippen LogP contribution in [0.3, 0.4) is 0 Å².